The molecule has 0 spiro atoms. The van der Waals surface area contributed by atoms with E-state index in [4.69, 9.17) is 9.47 Å². The predicted octanol–water partition coefficient (Wildman–Crippen LogP) is 2.74. The number of ether oxygens (including phenoxy) is 2. The van der Waals surface area contributed by atoms with Crippen molar-refractivity contribution in [3.05, 3.63) is 60.4 Å². The van der Waals surface area contributed by atoms with Crippen molar-refractivity contribution in [2.24, 2.45) is 0 Å². The molecule has 1 aromatic heterocycles. The van der Waals surface area contributed by atoms with Crippen LogP contribution in [-0.2, 0) is 16.1 Å². The predicted molar refractivity (Wildman–Crippen MR) is 111 cm³/mol. The highest BCUT2D eigenvalue weighted by Gasteiger charge is 2.42. The first-order valence-electron chi connectivity index (χ1n) is 10.4. The molecular formula is C23H29N3O3. The Balaban J connectivity index is 1.47. The standard InChI is InChI=1S/C23H29N3O3/c1-25(16-18-6-5-11-24-15-18)23(27)22-14-21(29-20-7-3-2-4-8-20)17-26(22)19-9-12-28-13-10-19/h2-8,11,15,19,21-22H,9-10,12-14,16-17H2,1H3/t21-,22-/m0/s1. The summed E-state index contributed by atoms with van der Waals surface area (Å²) in [5.41, 5.74) is 1.04. The first-order valence-corrected chi connectivity index (χ1v) is 10.4. The SMILES string of the molecule is CN(Cc1cccnc1)C(=O)[C@@H]1C[C@H](Oc2ccccc2)CN1C1CCOCC1. The van der Waals surface area contributed by atoms with Crippen LogP contribution in [0.15, 0.2) is 54.9 Å². The molecule has 6 nitrogen and oxygen atoms in total. The topological polar surface area (TPSA) is 54.9 Å². The summed E-state index contributed by atoms with van der Waals surface area (Å²) in [6.07, 6.45) is 6.22. The molecule has 3 heterocycles. The zero-order chi connectivity index (χ0) is 20.1. The number of benzene rings is 1. The van der Waals surface area contributed by atoms with Gasteiger partial charge in [-0.1, -0.05) is 24.3 Å². The second-order valence-electron chi connectivity index (χ2n) is 7.90. The molecule has 4 rings (SSSR count). The van der Waals surface area contributed by atoms with E-state index in [0.29, 0.717) is 19.0 Å². The molecule has 0 radical (unpaired) electrons. The van der Waals surface area contributed by atoms with Crippen molar-refractivity contribution in [1.29, 1.82) is 0 Å². The number of likely N-dealkylation sites (tertiary alicyclic amines) is 1. The molecule has 29 heavy (non-hydrogen) atoms. The average Bonchev–Trinajstić information content (AvgIpc) is 3.19. The Morgan fingerprint density at radius 2 is 2.00 bits per heavy atom. The van der Waals surface area contributed by atoms with E-state index in [1.807, 2.05) is 60.6 Å². The number of likely N-dealkylation sites (N-methyl/N-ethyl adjacent to an activating group) is 1. The Bertz CT molecular complexity index is 780. The number of rotatable bonds is 6. The van der Waals surface area contributed by atoms with Crippen molar-refractivity contribution >= 4 is 5.91 Å². The summed E-state index contributed by atoms with van der Waals surface area (Å²) in [6.45, 7) is 2.86. The highest BCUT2D eigenvalue weighted by molar-refractivity contribution is 5.82. The Labute approximate surface area is 172 Å². The van der Waals surface area contributed by atoms with Gasteiger partial charge in [0.05, 0.1) is 6.04 Å². The molecule has 2 fully saturated rings. The minimum absolute atomic E-state index is 0.0148. The Kier molecular flexibility index (Phi) is 6.42. The van der Waals surface area contributed by atoms with Gasteiger partial charge in [-0.25, -0.2) is 0 Å². The van der Waals surface area contributed by atoms with E-state index in [0.717, 1.165) is 43.9 Å². The van der Waals surface area contributed by atoms with Gasteiger partial charge in [-0.15, -0.1) is 0 Å². The van der Waals surface area contributed by atoms with E-state index in [1.54, 1.807) is 6.20 Å². The zero-order valence-corrected chi connectivity index (χ0v) is 16.9. The molecule has 2 atom stereocenters. The lowest BCUT2D eigenvalue weighted by atomic mass is 10.1. The van der Waals surface area contributed by atoms with Gasteiger partial charge in [0.25, 0.3) is 0 Å². The monoisotopic (exact) mass is 395 g/mol. The Morgan fingerprint density at radius 3 is 2.72 bits per heavy atom. The maximum atomic E-state index is 13.4. The molecule has 0 aliphatic carbocycles. The number of para-hydroxylation sites is 1. The number of hydrogen-bond acceptors (Lipinski definition) is 5. The number of hydrogen-bond donors (Lipinski definition) is 0. The lowest BCUT2D eigenvalue weighted by molar-refractivity contribution is -0.136. The minimum atomic E-state index is -0.159. The molecule has 154 valence electrons. The first kappa shape index (κ1) is 19.9. The molecule has 2 aliphatic rings. The highest BCUT2D eigenvalue weighted by atomic mass is 16.5. The summed E-state index contributed by atoms with van der Waals surface area (Å²) in [5.74, 6) is 1.01. The summed E-state index contributed by atoms with van der Waals surface area (Å²) >= 11 is 0. The van der Waals surface area contributed by atoms with E-state index >= 15 is 0 Å². The molecule has 0 N–H and O–H groups in total. The smallest absolute Gasteiger partial charge is 0.240 e. The largest absolute Gasteiger partial charge is 0.489 e. The number of aromatic nitrogens is 1. The van der Waals surface area contributed by atoms with Crippen LogP contribution in [0, 0.1) is 0 Å². The van der Waals surface area contributed by atoms with Crippen molar-refractivity contribution in [2.75, 3.05) is 26.8 Å². The molecule has 2 aliphatic heterocycles. The van der Waals surface area contributed by atoms with Crippen LogP contribution in [0.1, 0.15) is 24.8 Å². The molecule has 2 aromatic rings. The van der Waals surface area contributed by atoms with E-state index < -0.39 is 0 Å². The normalized spacial score (nSPS) is 23.1. The number of amides is 1. The van der Waals surface area contributed by atoms with Gasteiger partial charge in [0.1, 0.15) is 11.9 Å². The van der Waals surface area contributed by atoms with Crippen LogP contribution in [0.5, 0.6) is 5.75 Å². The molecule has 0 bridgehead atoms. The van der Waals surface area contributed by atoms with E-state index in [2.05, 4.69) is 9.88 Å². The summed E-state index contributed by atoms with van der Waals surface area (Å²) < 4.78 is 11.8. The van der Waals surface area contributed by atoms with Crippen molar-refractivity contribution in [3.63, 3.8) is 0 Å². The molecule has 0 saturated carbocycles. The van der Waals surface area contributed by atoms with Gasteiger partial charge in [0, 0.05) is 58.2 Å². The Morgan fingerprint density at radius 1 is 1.21 bits per heavy atom. The second kappa shape index (κ2) is 9.37. The fraction of sp³-hybridized carbons (Fsp3) is 0.478. The quantitative estimate of drug-likeness (QED) is 0.753. The molecule has 1 amide bonds. The van der Waals surface area contributed by atoms with Gasteiger partial charge in [-0.05, 0) is 36.6 Å². The summed E-state index contributed by atoms with van der Waals surface area (Å²) in [5, 5.41) is 0. The van der Waals surface area contributed by atoms with Crippen molar-refractivity contribution in [3.8, 4) is 5.75 Å². The summed E-state index contributed by atoms with van der Waals surface area (Å²) in [7, 11) is 1.88. The average molecular weight is 396 g/mol. The maximum absolute atomic E-state index is 13.4. The molecular weight excluding hydrogens is 366 g/mol. The van der Waals surface area contributed by atoms with Crippen LogP contribution >= 0.6 is 0 Å². The molecule has 6 heteroatoms. The molecule has 1 aromatic carbocycles. The minimum Gasteiger partial charge on any atom is -0.489 e. The van der Waals surface area contributed by atoms with Gasteiger partial charge in [-0.3, -0.25) is 14.7 Å². The zero-order valence-electron chi connectivity index (χ0n) is 16.9. The van der Waals surface area contributed by atoms with E-state index in [1.165, 1.54) is 0 Å². The van der Waals surface area contributed by atoms with Gasteiger partial charge >= 0.3 is 0 Å². The fourth-order valence-electron chi connectivity index (χ4n) is 4.36. The third-order valence-electron chi connectivity index (χ3n) is 5.81. The van der Waals surface area contributed by atoms with Crippen LogP contribution in [0.4, 0.5) is 0 Å². The van der Waals surface area contributed by atoms with Gasteiger partial charge in [-0.2, -0.15) is 0 Å². The van der Waals surface area contributed by atoms with E-state index in [9.17, 15) is 4.79 Å². The van der Waals surface area contributed by atoms with Crippen LogP contribution in [-0.4, -0.2) is 65.7 Å². The summed E-state index contributed by atoms with van der Waals surface area (Å²) in [6, 6.07) is 14.0. The molecule has 2 saturated heterocycles. The number of nitrogens with zero attached hydrogens (tertiary/aromatic N) is 3. The number of carbonyl (C=O) groups excluding carboxylic acids is 1. The fourth-order valence-corrected chi connectivity index (χ4v) is 4.36. The third kappa shape index (κ3) is 4.95. The van der Waals surface area contributed by atoms with Crippen molar-refractivity contribution < 1.29 is 14.3 Å². The van der Waals surface area contributed by atoms with Crippen molar-refractivity contribution in [1.82, 2.24) is 14.8 Å². The van der Waals surface area contributed by atoms with Crippen LogP contribution in [0.3, 0.4) is 0 Å². The van der Waals surface area contributed by atoms with E-state index in [-0.39, 0.29) is 18.1 Å². The third-order valence-corrected chi connectivity index (χ3v) is 5.81. The highest BCUT2D eigenvalue weighted by Crippen LogP contribution is 2.29. The van der Waals surface area contributed by atoms with Gasteiger partial charge < -0.3 is 14.4 Å². The van der Waals surface area contributed by atoms with Crippen molar-refractivity contribution in [2.45, 2.75) is 44.0 Å². The second-order valence-corrected chi connectivity index (χ2v) is 7.90. The lowest BCUT2D eigenvalue weighted by Crippen LogP contribution is -2.49. The summed E-state index contributed by atoms with van der Waals surface area (Å²) in [4.78, 5) is 21.7. The van der Waals surface area contributed by atoms with Crippen LogP contribution in [0.25, 0.3) is 0 Å². The van der Waals surface area contributed by atoms with Gasteiger partial charge in [0.2, 0.25) is 5.91 Å². The van der Waals surface area contributed by atoms with Crippen LogP contribution in [0.2, 0.25) is 0 Å². The Hall–Kier alpha value is -2.44. The number of pyridine rings is 1. The maximum Gasteiger partial charge on any atom is 0.240 e. The molecule has 0 unspecified atom stereocenters. The lowest BCUT2D eigenvalue weighted by Gasteiger charge is -2.36. The first-order chi connectivity index (χ1) is 14.2. The van der Waals surface area contributed by atoms with Crippen LogP contribution < -0.4 is 4.74 Å². The number of carbonyl (C=O) groups is 1. The van der Waals surface area contributed by atoms with Gasteiger partial charge in [0.15, 0.2) is 0 Å².